The molecule has 1 fully saturated rings. The number of hydrogen-bond acceptors (Lipinski definition) is 5. The number of nitrogens with two attached hydrogens (primary N) is 2. The standard InChI is InChI=1S/C18H21F2N3O3/c1-10(21)15(17(22)23-11-5-2-3-6-11)18(25)26-9-14(24)16-12(19)7-4-8-13(16)20/h4,7-8,11H,2-3,5-6,9,21H2,1H3,(H2,22,23)/b15-10+. The van der Waals surface area contributed by atoms with E-state index in [9.17, 15) is 18.4 Å². The zero-order valence-electron chi connectivity index (χ0n) is 14.4. The molecule has 0 spiro atoms. The van der Waals surface area contributed by atoms with Gasteiger partial charge in [-0.15, -0.1) is 0 Å². The van der Waals surface area contributed by atoms with Gasteiger partial charge in [-0.3, -0.25) is 9.79 Å². The van der Waals surface area contributed by atoms with Crippen molar-refractivity contribution in [1.82, 2.24) is 0 Å². The summed E-state index contributed by atoms with van der Waals surface area (Å²) in [4.78, 5) is 28.5. The highest BCUT2D eigenvalue weighted by molar-refractivity contribution is 6.19. The maximum atomic E-state index is 13.6. The van der Waals surface area contributed by atoms with Crippen molar-refractivity contribution >= 4 is 17.6 Å². The maximum Gasteiger partial charge on any atom is 0.344 e. The molecule has 26 heavy (non-hydrogen) atoms. The fourth-order valence-electron chi connectivity index (χ4n) is 2.80. The van der Waals surface area contributed by atoms with E-state index in [0.29, 0.717) is 0 Å². The smallest absolute Gasteiger partial charge is 0.344 e. The fourth-order valence-corrected chi connectivity index (χ4v) is 2.80. The molecule has 140 valence electrons. The van der Waals surface area contributed by atoms with E-state index < -0.39 is 35.6 Å². The number of esters is 1. The van der Waals surface area contributed by atoms with Crippen LogP contribution in [0.2, 0.25) is 0 Å². The molecule has 0 saturated heterocycles. The Hall–Kier alpha value is -2.77. The molecule has 8 heteroatoms. The fraction of sp³-hybridized carbons (Fsp3) is 0.389. The van der Waals surface area contributed by atoms with Crippen molar-refractivity contribution in [2.45, 2.75) is 38.6 Å². The Balaban J connectivity index is 2.09. The highest BCUT2D eigenvalue weighted by Crippen LogP contribution is 2.21. The van der Waals surface area contributed by atoms with Crippen LogP contribution in [0.1, 0.15) is 43.0 Å². The van der Waals surface area contributed by atoms with E-state index in [4.69, 9.17) is 16.2 Å². The number of benzene rings is 1. The summed E-state index contributed by atoms with van der Waals surface area (Å²) in [5, 5.41) is 0. The van der Waals surface area contributed by atoms with Gasteiger partial charge in [-0.1, -0.05) is 18.9 Å². The summed E-state index contributed by atoms with van der Waals surface area (Å²) in [6.07, 6.45) is 3.82. The summed E-state index contributed by atoms with van der Waals surface area (Å²) in [5.74, 6) is -4.09. The summed E-state index contributed by atoms with van der Waals surface area (Å²) in [6, 6.07) is 3.04. The van der Waals surface area contributed by atoms with Crippen molar-refractivity contribution in [3.8, 4) is 0 Å². The summed E-state index contributed by atoms with van der Waals surface area (Å²) in [6.45, 7) is 0.607. The highest BCUT2D eigenvalue weighted by atomic mass is 19.1. The number of carbonyl (C=O) groups is 2. The second-order valence-corrected chi connectivity index (χ2v) is 6.11. The van der Waals surface area contributed by atoms with Crippen molar-refractivity contribution in [2.24, 2.45) is 16.5 Å². The minimum absolute atomic E-state index is 0.0197. The number of Topliss-reactive ketones (excluding diaryl/α,β-unsaturated/α-hetero) is 1. The third kappa shape index (κ3) is 4.65. The van der Waals surface area contributed by atoms with Crippen LogP contribution in [0.4, 0.5) is 8.78 Å². The molecule has 0 amide bonds. The molecule has 1 aromatic rings. The monoisotopic (exact) mass is 365 g/mol. The number of nitrogens with zero attached hydrogens (tertiary/aromatic N) is 1. The quantitative estimate of drug-likeness (QED) is 0.264. The van der Waals surface area contributed by atoms with Gasteiger partial charge in [0.2, 0.25) is 5.78 Å². The van der Waals surface area contributed by atoms with Gasteiger partial charge in [0.15, 0.2) is 6.61 Å². The average Bonchev–Trinajstić information content (AvgIpc) is 3.05. The molecule has 2 rings (SSSR count). The van der Waals surface area contributed by atoms with Crippen LogP contribution >= 0.6 is 0 Å². The Labute approximate surface area is 149 Å². The van der Waals surface area contributed by atoms with Gasteiger partial charge in [0, 0.05) is 5.70 Å². The van der Waals surface area contributed by atoms with Crippen LogP contribution in [0, 0.1) is 11.6 Å². The molecule has 0 bridgehead atoms. The van der Waals surface area contributed by atoms with Gasteiger partial charge in [0.05, 0.1) is 11.6 Å². The number of ether oxygens (including phenoxy) is 1. The number of aliphatic imine (C=N–C) groups is 1. The van der Waals surface area contributed by atoms with E-state index >= 15 is 0 Å². The van der Waals surface area contributed by atoms with Crippen LogP contribution in [0.3, 0.4) is 0 Å². The lowest BCUT2D eigenvalue weighted by molar-refractivity contribution is -0.137. The molecule has 0 aromatic heterocycles. The Bertz CT molecular complexity index is 745. The third-order valence-corrected chi connectivity index (χ3v) is 4.08. The predicted octanol–water partition coefficient (Wildman–Crippen LogP) is 2.22. The number of allylic oxidation sites excluding steroid dienone is 1. The van der Waals surface area contributed by atoms with Gasteiger partial charge in [-0.25, -0.2) is 13.6 Å². The number of rotatable bonds is 6. The van der Waals surface area contributed by atoms with E-state index in [-0.39, 0.29) is 23.1 Å². The molecule has 6 nitrogen and oxygen atoms in total. The van der Waals surface area contributed by atoms with Crippen molar-refractivity contribution < 1.29 is 23.1 Å². The van der Waals surface area contributed by atoms with Gasteiger partial charge < -0.3 is 16.2 Å². The van der Waals surface area contributed by atoms with Crippen LogP contribution in [0.5, 0.6) is 0 Å². The Morgan fingerprint density at radius 1 is 1.19 bits per heavy atom. The largest absolute Gasteiger partial charge is 0.454 e. The predicted molar refractivity (Wildman–Crippen MR) is 92.4 cm³/mol. The number of halogens is 2. The zero-order valence-corrected chi connectivity index (χ0v) is 14.4. The first-order valence-corrected chi connectivity index (χ1v) is 8.25. The minimum Gasteiger partial charge on any atom is -0.454 e. The molecule has 4 N–H and O–H groups in total. The summed E-state index contributed by atoms with van der Waals surface area (Å²) in [5.41, 5.74) is 10.7. The summed E-state index contributed by atoms with van der Waals surface area (Å²) >= 11 is 0. The topological polar surface area (TPSA) is 108 Å². The summed E-state index contributed by atoms with van der Waals surface area (Å²) in [7, 11) is 0. The van der Waals surface area contributed by atoms with E-state index in [0.717, 1.165) is 43.9 Å². The van der Waals surface area contributed by atoms with Crippen LogP contribution in [0.25, 0.3) is 0 Å². The van der Waals surface area contributed by atoms with Crippen molar-refractivity contribution in [3.63, 3.8) is 0 Å². The van der Waals surface area contributed by atoms with Gasteiger partial charge in [-0.2, -0.15) is 0 Å². The van der Waals surface area contributed by atoms with Crippen molar-refractivity contribution in [3.05, 3.63) is 46.7 Å². The lowest BCUT2D eigenvalue weighted by Gasteiger charge is -2.11. The summed E-state index contributed by atoms with van der Waals surface area (Å²) < 4.78 is 32.1. The van der Waals surface area contributed by atoms with E-state index in [1.165, 1.54) is 6.92 Å². The first kappa shape index (κ1) is 19.6. The number of hydrogen-bond donors (Lipinski definition) is 2. The Kier molecular flexibility index (Phi) is 6.43. The third-order valence-electron chi connectivity index (χ3n) is 4.08. The van der Waals surface area contributed by atoms with Crippen LogP contribution in [-0.4, -0.2) is 30.2 Å². The molecule has 1 aliphatic rings. The molecule has 0 radical (unpaired) electrons. The molecule has 1 aliphatic carbocycles. The van der Waals surface area contributed by atoms with Crippen molar-refractivity contribution in [2.75, 3.05) is 6.61 Å². The molecule has 1 aromatic carbocycles. The molecule has 0 heterocycles. The number of ketones is 1. The van der Waals surface area contributed by atoms with E-state index in [2.05, 4.69) is 4.99 Å². The maximum absolute atomic E-state index is 13.6. The molecular formula is C18H21F2N3O3. The molecule has 0 unspecified atom stereocenters. The lowest BCUT2D eigenvalue weighted by Crippen LogP contribution is -2.29. The minimum atomic E-state index is -1.03. The molecule has 1 saturated carbocycles. The Morgan fingerprint density at radius 3 is 2.31 bits per heavy atom. The SMILES string of the molecule is C/C(N)=C(\C(=O)OCC(=O)c1c(F)cccc1F)C(N)=NC1CCCC1. The van der Waals surface area contributed by atoms with Gasteiger partial charge >= 0.3 is 5.97 Å². The highest BCUT2D eigenvalue weighted by Gasteiger charge is 2.23. The van der Waals surface area contributed by atoms with Gasteiger partial charge in [0.25, 0.3) is 0 Å². The first-order chi connectivity index (χ1) is 12.3. The zero-order chi connectivity index (χ0) is 19.3. The number of carbonyl (C=O) groups excluding carboxylic acids is 2. The lowest BCUT2D eigenvalue weighted by atomic mass is 10.1. The Morgan fingerprint density at radius 2 is 1.77 bits per heavy atom. The van der Waals surface area contributed by atoms with Crippen molar-refractivity contribution in [1.29, 1.82) is 0 Å². The second kappa shape index (κ2) is 8.55. The van der Waals surface area contributed by atoms with Gasteiger partial charge in [0.1, 0.15) is 23.0 Å². The van der Waals surface area contributed by atoms with Crippen LogP contribution < -0.4 is 11.5 Å². The van der Waals surface area contributed by atoms with Crippen LogP contribution in [0.15, 0.2) is 34.5 Å². The molecule has 0 aliphatic heterocycles. The molecule has 0 atom stereocenters. The average molecular weight is 365 g/mol. The van der Waals surface area contributed by atoms with Gasteiger partial charge in [-0.05, 0) is 31.9 Å². The normalized spacial score (nSPS) is 16.3. The number of amidine groups is 1. The van der Waals surface area contributed by atoms with E-state index in [1.54, 1.807) is 0 Å². The first-order valence-electron chi connectivity index (χ1n) is 8.25. The molecular weight excluding hydrogens is 344 g/mol. The second-order valence-electron chi connectivity index (χ2n) is 6.11. The van der Waals surface area contributed by atoms with E-state index in [1.807, 2.05) is 0 Å². The van der Waals surface area contributed by atoms with Crippen LogP contribution in [-0.2, 0) is 9.53 Å².